The molecule has 0 atom stereocenters. The first-order valence-corrected chi connectivity index (χ1v) is 10.8. The van der Waals surface area contributed by atoms with Gasteiger partial charge < -0.3 is 10.5 Å². The second-order valence-corrected chi connectivity index (χ2v) is 8.58. The molecule has 2 aromatic carbocycles. The summed E-state index contributed by atoms with van der Waals surface area (Å²) in [7, 11) is 1.45. The molecule has 33 heavy (non-hydrogen) atoms. The topological polar surface area (TPSA) is 85.5 Å². The molecule has 0 bridgehead atoms. The third kappa shape index (κ3) is 5.43. The summed E-state index contributed by atoms with van der Waals surface area (Å²) in [5.41, 5.74) is 6.48. The summed E-state index contributed by atoms with van der Waals surface area (Å²) in [4.78, 5) is 30.2. The predicted octanol–water partition coefficient (Wildman–Crippen LogP) is 5.60. The standard InChI is InChI=1S/C24H22Cl2FN3O3/c1-13(2)12-33-20-10-15(16-9-14(22(28)31)7-8-17(16)25)11-29-23(20)30(3)24(32)21-18(26)5-4-6-19(21)27/h4-11,13H,12H2,1-3H3,(H2,28,31). The van der Waals surface area contributed by atoms with E-state index in [1.54, 1.807) is 18.2 Å². The van der Waals surface area contributed by atoms with Gasteiger partial charge in [-0.3, -0.25) is 14.5 Å². The van der Waals surface area contributed by atoms with E-state index in [0.717, 1.165) is 6.07 Å². The number of rotatable bonds is 7. The third-order valence-electron chi connectivity index (χ3n) is 4.77. The van der Waals surface area contributed by atoms with E-state index in [9.17, 15) is 14.0 Å². The van der Waals surface area contributed by atoms with Crippen LogP contribution in [0.4, 0.5) is 10.2 Å². The minimum Gasteiger partial charge on any atom is -0.489 e. The monoisotopic (exact) mass is 489 g/mol. The third-order valence-corrected chi connectivity index (χ3v) is 5.41. The van der Waals surface area contributed by atoms with Crippen molar-refractivity contribution in [3.63, 3.8) is 0 Å². The van der Waals surface area contributed by atoms with Gasteiger partial charge in [0.25, 0.3) is 5.91 Å². The van der Waals surface area contributed by atoms with Gasteiger partial charge in [-0.2, -0.15) is 0 Å². The number of primary amides is 1. The molecule has 1 aromatic heterocycles. The lowest BCUT2D eigenvalue weighted by Gasteiger charge is -2.22. The van der Waals surface area contributed by atoms with Gasteiger partial charge in [0.2, 0.25) is 5.91 Å². The first-order valence-electron chi connectivity index (χ1n) is 10.0. The van der Waals surface area contributed by atoms with E-state index in [2.05, 4.69) is 4.98 Å². The molecule has 2 N–H and O–H groups in total. The average molecular weight is 490 g/mol. The van der Waals surface area contributed by atoms with Crippen LogP contribution in [0.3, 0.4) is 0 Å². The molecule has 0 radical (unpaired) electrons. The molecule has 0 saturated heterocycles. The van der Waals surface area contributed by atoms with Crippen LogP contribution in [0, 0.1) is 11.7 Å². The summed E-state index contributed by atoms with van der Waals surface area (Å²) in [5.74, 6) is -1.38. The summed E-state index contributed by atoms with van der Waals surface area (Å²) in [6.45, 7) is 4.28. The number of aromatic nitrogens is 1. The summed E-state index contributed by atoms with van der Waals surface area (Å²) in [6.07, 6.45) is 1.48. The highest BCUT2D eigenvalue weighted by atomic mass is 35.5. The van der Waals surface area contributed by atoms with Gasteiger partial charge in [0.1, 0.15) is 5.82 Å². The van der Waals surface area contributed by atoms with Crippen LogP contribution in [-0.2, 0) is 0 Å². The number of hydrogen-bond acceptors (Lipinski definition) is 4. The van der Waals surface area contributed by atoms with E-state index in [-0.39, 0.29) is 33.6 Å². The number of pyridine rings is 1. The Kier molecular flexibility index (Phi) is 7.56. The Labute approximate surface area is 201 Å². The quantitative estimate of drug-likeness (QED) is 0.467. The van der Waals surface area contributed by atoms with Gasteiger partial charge in [-0.25, -0.2) is 9.37 Å². The van der Waals surface area contributed by atoms with Crippen LogP contribution in [0.2, 0.25) is 10.0 Å². The number of benzene rings is 2. The Hall–Kier alpha value is -3.16. The normalized spacial score (nSPS) is 10.9. The minimum atomic E-state index is -0.740. The van der Waals surface area contributed by atoms with Crippen molar-refractivity contribution in [2.24, 2.45) is 11.7 Å². The Balaban J connectivity index is 2.08. The molecule has 0 aliphatic rings. The van der Waals surface area contributed by atoms with E-state index >= 15 is 0 Å². The van der Waals surface area contributed by atoms with Crippen LogP contribution in [0.1, 0.15) is 34.6 Å². The van der Waals surface area contributed by atoms with Gasteiger partial charge in [0.15, 0.2) is 11.6 Å². The molecule has 0 aliphatic heterocycles. The van der Waals surface area contributed by atoms with Crippen molar-refractivity contribution in [2.75, 3.05) is 18.6 Å². The molecule has 172 valence electrons. The predicted molar refractivity (Wildman–Crippen MR) is 128 cm³/mol. The van der Waals surface area contributed by atoms with Crippen molar-refractivity contribution < 1.29 is 18.7 Å². The lowest BCUT2D eigenvalue weighted by Crippen LogP contribution is -2.29. The fourth-order valence-corrected chi connectivity index (χ4v) is 3.54. The van der Waals surface area contributed by atoms with Gasteiger partial charge in [-0.05, 0) is 42.3 Å². The van der Waals surface area contributed by atoms with Gasteiger partial charge in [-0.1, -0.05) is 43.1 Å². The second-order valence-electron chi connectivity index (χ2n) is 7.77. The number of halogens is 3. The van der Waals surface area contributed by atoms with E-state index in [1.807, 2.05) is 13.8 Å². The number of nitrogens with two attached hydrogens (primary N) is 1. The Bertz CT molecular complexity index is 1200. The maximum Gasteiger partial charge on any atom is 0.263 e. The van der Waals surface area contributed by atoms with Crippen molar-refractivity contribution in [1.82, 2.24) is 4.98 Å². The fourth-order valence-electron chi connectivity index (χ4n) is 3.06. The molecule has 0 unspecified atom stereocenters. The molecule has 0 spiro atoms. The molecule has 0 saturated carbocycles. The van der Waals surface area contributed by atoms with Gasteiger partial charge in [-0.15, -0.1) is 0 Å². The molecule has 3 rings (SSSR count). The number of ether oxygens (including phenoxy) is 1. The molecular weight excluding hydrogens is 468 g/mol. The molecule has 9 heteroatoms. The van der Waals surface area contributed by atoms with Gasteiger partial charge >= 0.3 is 0 Å². The molecule has 0 aliphatic carbocycles. The Morgan fingerprint density at radius 2 is 1.88 bits per heavy atom. The van der Waals surface area contributed by atoms with E-state index in [4.69, 9.17) is 33.7 Å². The number of nitrogens with zero attached hydrogens (tertiary/aromatic N) is 2. The zero-order valence-electron chi connectivity index (χ0n) is 18.2. The van der Waals surface area contributed by atoms with Crippen molar-refractivity contribution in [2.45, 2.75) is 13.8 Å². The van der Waals surface area contributed by atoms with Crippen molar-refractivity contribution >= 4 is 40.8 Å². The van der Waals surface area contributed by atoms with E-state index in [0.29, 0.717) is 22.8 Å². The summed E-state index contributed by atoms with van der Waals surface area (Å²) in [5, 5.41) is 0.370. The van der Waals surface area contributed by atoms with E-state index in [1.165, 1.54) is 36.3 Å². The maximum atomic E-state index is 14.3. The van der Waals surface area contributed by atoms with E-state index < -0.39 is 17.6 Å². The average Bonchev–Trinajstić information content (AvgIpc) is 2.77. The second kappa shape index (κ2) is 10.2. The number of anilines is 1. The van der Waals surface area contributed by atoms with Crippen LogP contribution >= 0.6 is 23.2 Å². The van der Waals surface area contributed by atoms with Gasteiger partial charge in [0.05, 0.1) is 17.2 Å². The molecule has 1 heterocycles. The number of carbonyl (C=O) groups is 2. The van der Waals surface area contributed by atoms with Crippen molar-refractivity contribution in [3.8, 4) is 16.9 Å². The highest BCUT2D eigenvalue weighted by molar-refractivity contribution is 6.34. The molecule has 3 aromatic rings. The number of carbonyl (C=O) groups excluding carboxylic acids is 2. The first-order chi connectivity index (χ1) is 15.6. The molecule has 2 amide bonds. The maximum absolute atomic E-state index is 14.3. The summed E-state index contributed by atoms with van der Waals surface area (Å²) in [6, 6.07) is 10.3. The fraction of sp³-hybridized carbons (Fsp3) is 0.208. The Morgan fingerprint density at radius 3 is 2.52 bits per heavy atom. The molecule has 0 fully saturated rings. The zero-order valence-corrected chi connectivity index (χ0v) is 19.7. The number of amides is 2. The Morgan fingerprint density at radius 1 is 1.15 bits per heavy atom. The highest BCUT2D eigenvalue weighted by Gasteiger charge is 2.24. The van der Waals surface area contributed by atoms with Crippen LogP contribution < -0.4 is 15.4 Å². The van der Waals surface area contributed by atoms with Crippen molar-refractivity contribution in [1.29, 1.82) is 0 Å². The highest BCUT2D eigenvalue weighted by Crippen LogP contribution is 2.35. The molecular formula is C24H22Cl2FN3O3. The van der Waals surface area contributed by atoms with Crippen LogP contribution in [0.25, 0.3) is 11.1 Å². The molecule has 6 nitrogen and oxygen atoms in total. The lowest BCUT2D eigenvalue weighted by molar-refractivity contribution is 0.0983. The van der Waals surface area contributed by atoms with Crippen molar-refractivity contribution in [3.05, 3.63) is 75.7 Å². The number of hydrogen-bond donors (Lipinski definition) is 1. The van der Waals surface area contributed by atoms with Crippen LogP contribution in [0.15, 0.2) is 48.7 Å². The van der Waals surface area contributed by atoms with Gasteiger partial charge in [0, 0.05) is 35.0 Å². The lowest BCUT2D eigenvalue weighted by atomic mass is 10.0. The zero-order chi connectivity index (χ0) is 24.3. The first kappa shape index (κ1) is 24.5. The SMILES string of the molecule is CC(C)COc1cc(-c2cc(C(N)=O)ccc2Cl)cnc1N(C)C(=O)c1c(F)cccc1Cl. The summed E-state index contributed by atoms with van der Waals surface area (Å²) >= 11 is 12.4. The van der Waals surface area contributed by atoms with Crippen LogP contribution in [-0.4, -0.2) is 30.5 Å². The smallest absolute Gasteiger partial charge is 0.263 e. The largest absolute Gasteiger partial charge is 0.489 e. The minimum absolute atomic E-state index is 0.0110. The summed E-state index contributed by atoms with van der Waals surface area (Å²) < 4.78 is 20.3. The van der Waals surface area contributed by atoms with Crippen LogP contribution in [0.5, 0.6) is 5.75 Å².